The summed E-state index contributed by atoms with van der Waals surface area (Å²) in [6, 6.07) is 10.2. The van der Waals surface area contributed by atoms with Crippen LogP contribution in [0.4, 0.5) is 0 Å². The molecule has 8 nitrogen and oxygen atoms in total. The third kappa shape index (κ3) is 5.13. The molecule has 0 unspecified atom stereocenters. The van der Waals surface area contributed by atoms with Crippen LogP contribution in [0.25, 0.3) is 21.9 Å². The number of carbonyl (C=O) groups excluding carboxylic acids is 1. The number of hydrogen-bond donors (Lipinski definition) is 2. The van der Waals surface area contributed by atoms with E-state index in [0.717, 1.165) is 0 Å². The lowest BCUT2D eigenvalue weighted by Gasteiger charge is -2.22. The summed E-state index contributed by atoms with van der Waals surface area (Å²) in [7, 11) is 6.14. The van der Waals surface area contributed by atoms with Crippen LogP contribution >= 0.6 is 0 Å². The summed E-state index contributed by atoms with van der Waals surface area (Å²) in [5.74, 6) is 1.52. The lowest BCUT2D eigenvalue weighted by Crippen LogP contribution is -2.32. The van der Waals surface area contributed by atoms with Crippen molar-refractivity contribution in [1.82, 2.24) is 0 Å². The van der Waals surface area contributed by atoms with Gasteiger partial charge in [-0.1, -0.05) is 26.0 Å². The number of nitrogens with two attached hydrogens (primary N) is 1. The third-order valence-electron chi connectivity index (χ3n) is 6.04. The van der Waals surface area contributed by atoms with Crippen molar-refractivity contribution in [2.75, 3.05) is 35.0 Å². The molecule has 3 rings (SSSR count). The quantitative estimate of drug-likeness (QED) is 0.414. The van der Waals surface area contributed by atoms with Gasteiger partial charge in [0.2, 0.25) is 0 Å². The van der Waals surface area contributed by atoms with Gasteiger partial charge in [-0.3, -0.25) is 0 Å². The van der Waals surface area contributed by atoms with Gasteiger partial charge in [-0.2, -0.15) is 0 Å². The molecule has 3 aromatic rings. The molecule has 1 atom stereocenters. The first-order valence-electron chi connectivity index (χ1n) is 11.3. The molecule has 0 saturated carbocycles. The van der Waals surface area contributed by atoms with E-state index in [4.69, 9.17) is 29.4 Å². The summed E-state index contributed by atoms with van der Waals surface area (Å²) in [6.07, 6.45) is 0. The van der Waals surface area contributed by atoms with Crippen LogP contribution in [0.3, 0.4) is 0 Å². The highest BCUT2D eigenvalue weighted by atomic mass is 16.5. The minimum absolute atomic E-state index is 0.0566. The first-order chi connectivity index (χ1) is 16.8. The molecule has 188 valence electrons. The maximum absolute atomic E-state index is 13.5. The Labute approximate surface area is 205 Å². The summed E-state index contributed by atoms with van der Waals surface area (Å²) < 4.78 is 28.0. The summed E-state index contributed by atoms with van der Waals surface area (Å²) in [5, 5.41) is 11.6. The maximum Gasteiger partial charge on any atom is 0.338 e. The Morgan fingerprint density at radius 1 is 0.914 bits per heavy atom. The van der Waals surface area contributed by atoms with E-state index in [1.54, 1.807) is 25.3 Å². The van der Waals surface area contributed by atoms with Crippen molar-refractivity contribution in [3.8, 4) is 34.1 Å². The second-order valence-corrected chi connectivity index (χ2v) is 8.41. The van der Waals surface area contributed by atoms with Crippen LogP contribution in [-0.2, 0) is 11.3 Å². The molecule has 0 bridgehead atoms. The minimum atomic E-state index is -0.569. The highest BCUT2D eigenvalue weighted by molar-refractivity contribution is 6.13. The van der Waals surface area contributed by atoms with Crippen molar-refractivity contribution in [3.05, 3.63) is 47.5 Å². The van der Waals surface area contributed by atoms with Gasteiger partial charge in [0.1, 0.15) is 29.6 Å². The molecular formula is C27H33NO7. The van der Waals surface area contributed by atoms with Crippen molar-refractivity contribution in [2.24, 2.45) is 11.7 Å². The fourth-order valence-electron chi connectivity index (χ4n) is 3.95. The molecule has 0 aliphatic rings. The number of aliphatic hydroxyl groups excluding tert-OH is 1. The van der Waals surface area contributed by atoms with Gasteiger partial charge in [0, 0.05) is 23.2 Å². The van der Waals surface area contributed by atoms with Crippen molar-refractivity contribution in [3.63, 3.8) is 0 Å². The van der Waals surface area contributed by atoms with Gasteiger partial charge in [0.15, 0.2) is 0 Å². The van der Waals surface area contributed by atoms with Gasteiger partial charge in [0.05, 0.1) is 46.0 Å². The number of esters is 1. The van der Waals surface area contributed by atoms with Crippen molar-refractivity contribution in [1.29, 1.82) is 0 Å². The standard InChI is InChI=1S/C27H33NO7/c1-15(2)20(28)14-35-27(30)19-12-23(34-6)26-18(8-7-9-21(26)32-4)25(19)24-16(13-29)10-17(31-3)11-22(24)33-5/h7-12,15,20,29H,13-14,28H2,1-6H3/t20-/m1/s1. The van der Waals surface area contributed by atoms with Crippen LogP contribution in [0, 0.1) is 5.92 Å². The van der Waals surface area contributed by atoms with Crippen LogP contribution in [0.15, 0.2) is 36.4 Å². The molecule has 0 aliphatic carbocycles. The summed E-state index contributed by atoms with van der Waals surface area (Å²) in [6.45, 7) is 3.67. The molecule has 0 heterocycles. The number of ether oxygens (including phenoxy) is 5. The van der Waals surface area contributed by atoms with Gasteiger partial charge in [-0.05, 0) is 35.1 Å². The SMILES string of the molecule is COc1cc(CO)c(-c2c(C(=O)OC[C@@H](N)C(C)C)cc(OC)c3c(OC)cccc23)c(OC)c1. The minimum Gasteiger partial charge on any atom is -0.497 e. The van der Waals surface area contributed by atoms with E-state index < -0.39 is 5.97 Å². The first-order valence-corrected chi connectivity index (χ1v) is 11.3. The predicted octanol–water partition coefficient (Wildman–Crippen LogP) is 4.17. The van der Waals surface area contributed by atoms with E-state index in [2.05, 4.69) is 0 Å². The van der Waals surface area contributed by atoms with Crippen molar-refractivity contribution < 1.29 is 33.6 Å². The summed E-state index contributed by atoms with van der Waals surface area (Å²) >= 11 is 0. The molecule has 0 spiro atoms. The molecule has 0 fully saturated rings. The Morgan fingerprint density at radius 2 is 1.60 bits per heavy atom. The van der Waals surface area contributed by atoms with E-state index in [0.29, 0.717) is 50.5 Å². The fourth-order valence-corrected chi connectivity index (χ4v) is 3.95. The van der Waals surface area contributed by atoms with E-state index >= 15 is 0 Å². The maximum atomic E-state index is 13.5. The van der Waals surface area contributed by atoms with Crippen LogP contribution in [-0.4, -0.2) is 52.2 Å². The summed E-state index contributed by atoms with van der Waals surface area (Å²) in [5.41, 5.74) is 7.94. The highest BCUT2D eigenvalue weighted by Crippen LogP contribution is 2.47. The van der Waals surface area contributed by atoms with Crippen LogP contribution in [0.1, 0.15) is 29.8 Å². The molecule has 3 aromatic carbocycles. The van der Waals surface area contributed by atoms with Crippen LogP contribution in [0.5, 0.6) is 23.0 Å². The zero-order chi connectivity index (χ0) is 25.7. The van der Waals surface area contributed by atoms with Gasteiger partial charge in [0.25, 0.3) is 0 Å². The molecule has 0 radical (unpaired) electrons. The summed E-state index contributed by atoms with van der Waals surface area (Å²) in [4.78, 5) is 13.5. The van der Waals surface area contributed by atoms with Gasteiger partial charge >= 0.3 is 5.97 Å². The molecule has 3 N–H and O–H groups in total. The number of aliphatic hydroxyl groups is 1. The number of fused-ring (bicyclic) bond motifs is 1. The Hall–Kier alpha value is -3.49. The number of methoxy groups -OCH3 is 4. The molecular weight excluding hydrogens is 450 g/mol. The lowest BCUT2D eigenvalue weighted by molar-refractivity contribution is 0.0463. The van der Waals surface area contributed by atoms with Gasteiger partial charge < -0.3 is 34.5 Å². The number of rotatable bonds is 10. The average molecular weight is 484 g/mol. The molecule has 0 saturated heterocycles. The highest BCUT2D eigenvalue weighted by Gasteiger charge is 2.27. The molecule has 35 heavy (non-hydrogen) atoms. The van der Waals surface area contributed by atoms with E-state index in [1.165, 1.54) is 21.3 Å². The second-order valence-electron chi connectivity index (χ2n) is 8.41. The zero-order valence-corrected chi connectivity index (χ0v) is 21.0. The molecule has 0 amide bonds. The van der Waals surface area contributed by atoms with Crippen molar-refractivity contribution in [2.45, 2.75) is 26.5 Å². The fraction of sp³-hybridized carbons (Fsp3) is 0.370. The van der Waals surface area contributed by atoms with Gasteiger partial charge in [-0.15, -0.1) is 0 Å². The normalized spacial score (nSPS) is 11.9. The van der Waals surface area contributed by atoms with E-state index in [9.17, 15) is 9.90 Å². The molecule has 0 aliphatic heterocycles. The van der Waals surface area contributed by atoms with E-state index in [-0.39, 0.29) is 30.7 Å². The second kappa shape index (κ2) is 11.3. The predicted molar refractivity (Wildman–Crippen MR) is 135 cm³/mol. The number of carbonyl (C=O) groups is 1. The topological polar surface area (TPSA) is 109 Å². The zero-order valence-electron chi connectivity index (χ0n) is 21.0. The lowest BCUT2D eigenvalue weighted by atomic mass is 9.88. The average Bonchev–Trinajstić information content (AvgIpc) is 2.89. The largest absolute Gasteiger partial charge is 0.497 e. The molecule has 8 heteroatoms. The number of benzene rings is 3. The van der Waals surface area contributed by atoms with Crippen molar-refractivity contribution >= 4 is 16.7 Å². The smallest absolute Gasteiger partial charge is 0.338 e. The van der Waals surface area contributed by atoms with Crippen LogP contribution in [0.2, 0.25) is 0 Å². The first kappa shape index (κ1) is 26.1. The monoisotopic (exact) mass is 483 g/mol. The Balaban J connectivity index is 2.40. The van der Waals surface area contributed by atoms with Crippen LogP contribution < -0.4 is 24.7 Å². The Morgan fingerprint density at radius 3 is 2.17 bits per heavy atom. The molecule has 0 aromatic heterocycles. The number of hydrogen-bond acceptors (Lipinski definition) is 8. The Kier molecular flexibility index (Phi) is 8.43. The Bertz CT molecular complexity index is 1180. The van der Waals surface area contributed by atoms with E-state index in [1.807, 2.05) is 32.0 Å². The van der Waals surface area contributed by atoms with Gasteiger partial charge in [-0.25, -0.2) is 4.79 Å². The third-order valence-corrected chi connectivity index (χ3v) is 6.04.